The maximum atomic E-state index is 15.1. The highest BCUT2D eigenvalue weighted by atomic mass is 35.5. The number of imide groups is 1. The van der Waals surface area contributed by atoms with Gasteiger partial charge in [-0.15, -0.1) is 0 Å². The molecule has 0 N–H and O–H groups in total. The lowest BCUT2D eigenvalue weighted by molar-refractivity contribution is 0.189. The number of carbonyl (C=O) groups excluding carboxylic acids is 3. The molecule has 0 saturated carbocycles. The minimum absolute atomic E-state index is 0.00127. The number of methoxy groups -OCH3 is 3. The number of para-hydroxylation sites is 3. The second kappa shape index (κ2) is 19.7. The van der Waals surface area contributed by atoms with E-state index in [1.54, 1.807) is 42.3 Å². The van der Waals surface area contributed by atoms with E-state index in [1.807, 2.05) is 37.2 Å². The van der Waals surface area contributed by atoms with Gasteiger partial charge < -0.3 is 52.0 Å². The number of urea groups is 1. The Morgan fingerprint density at radius 3 is 1.89 bits per heavy atom. The molecule has 342 valence electrons. The predicted octanol–water partition coefficient (Wildman–Crippen LogP) is 8.32. The van der Waals surface area contributed by atoms with Crippen LogP contribution in [0.3, 0.4) is 0 Å². The zero-order valence-corrected chi connectivity index (χ0v) is 37.6. The largest absolute Gasteiger partial charge is 0.497 e. The summed E-state index contributed by atoms with van der Waals surface area (Å²) in [5, 5.41) is -0.0666. The second-order valence-corrected chi connectivity index (χ2v) is 15.3. The van der Waals surface area contributed by atoms with Crippen molar-refractivity contribution in [1.29, 1.82) is 0 Å². The number of halogens is 2. The standard InChI is InChI=1S/C44H41Cl2N9O11/c1-51(2)19-20-62-29-22-26(21-28(23-29)59-3)52-15-17-53(18-16-52)42(56)54(36-40(60-4)49-38-30(47-36)24-34(45)65-38)32-13-9-10-14-33(32)64-44(58)55(43(57)63-27-11-7-6-8-12-27)37-41(61-5)50-39-31(48-37)25-35(46)66-39/h6-14,21-25H,15-20H2,1-5H3. The number of benzene rings is 3. The first-order chi connectivity index (χ1) is 31.9. The normalized spacial score (nSPS) is 12.6. The van der Waals surface area contributed by atoms with Gasteiger partial charge in [-0.1, -0.05) is 30.3 Å². The zero-order valence-electron chi connectivity index (χ0n) is 36.1. The van der Waals surface area contributed by atoms with Crippen LogP contribution in [0.15, 0.2) is 93.8 Å². The van der Waals surface area contributed by atoms with Crippen LogP contribution in [0.1, 0.15) is 0 Å². The van der Waals surface area contributed by atoms with Crippen molar-refractivity contribution in [3.05, 3.63) is 95.4 Å². The molecule has 7 aromatic rings. The van der Waals surface area contributed by atoms with Gasteiger partial charge in [0.2, 0.25) is 23.1 Å². The minimum atomic E-state index is -1.33. The lowest BCUT2D eigenvalue weighted by atomic mass is 10.2. The zero-order chi connectivity index (χ0) is 46.5. The average molecular weight is 943 g/mol. The molecule has 20 nitrogen and oxygen atoms in total. The van der Waals surface area contributed by atoms with Crippen molar-refractivity contribution in [1.82, 2.24) is 29.7 Å². The molecule has 0 spiro atoms. The Labute approximate surface area is 386 Å². The maximum absolute atomic E-state index is 15.1. The van der Waals surface area contributed by atoms with Crippen LogP contribution in [0.25, 0.3) is 22.5 Å². The summed E-state index contributed by atoms with van der Waals surface area (Å²) in [7, 11) is 8.12. The Hall–Kier alpha value is -7.55. The number of amides is 4. The molecule has 0 unspecified atom stereocenters. The van der Waals surface area contributed by atoms with Crippen LogP contribution in [0.2, 0.25) is 10.4 Å². The number of nitrogens with zero attached hydrogens (tertiary/aromatic N) is 9. The van der Waals surface area contributed by atoms with E-state index < -0.39 is 24.0 Å². The predicted molar refractivity (Wildman–Crippen MR) is 243 cm³/mol. The van der Waals surface area contributed by atoms with E-state index in [2.05, 4.69) is 19.9 Å². The van der Waals surface area contributed by atoms with Crippen LogP contribution < -0.4 is 43.1 Å². The van der Waals surface area contributed by atoms with E-state index in [-0.39, 0.29) is 80.8 Å². The van der Waals surface area contributed by atoms with Crippen LogP contribution in [-0.4, -0.2) is 123 Å². The maximum Gasteiger partial charge on any atom is 0.431 e. The number of carbonyl (C=O) groups is 3. The van der Waals surface area contributed by atoms with Crippen LogP contribution in [-0.2, 0) is 0 Å². The first kappa shape index (κ1) is 45.0. The smallest absolute Gasteiger partial charge is 0.431 e. The van der Waals surface area contributed by atoms with Crippen molar-refractivity contribution < 1.29 is 51.6 Å². The Balaban J connectivity index is 1.15. The molecule has 0 bridgehead atoms. The van der Waals surface area contributed by atoms with Gasteiger partial charge in [-0.25, -0.2) is 29.3 Å². The van der Waals surface area contributed by atoms with Crippen molar-refractivity contribution in [3.8, 4) is 34.8 Å². The Kier molecular flexibility index (Phi) is 13.4. The second-order valence-electron chi connectivity index (χ2n) is 14.6. The number of piperazine rings is 1. The minimum Gasteiger partial charge on any atom is -0.497 e. The molecule has 8 rings (SSSR count). The van der Waals surface area contributed by atoms with Gasteiger partial charge in [-0.05, 0) is 61.6 Å². The summed E-state index contributed by atoms with van der Waals surface area (Å²) >= 11 is 12.3. The lowest BCUT2D eigenvalue weighted by Gasteiger charge is -2.38. The molecule has 5 heterocycles. The van der Waals surface area contributed by atoms with Gasteiger partial charge in [-0.3, -0.25) is 0 Å². The Morgan fingerprint density at radius 2 is 1.26 bits per heavy atom. The summed E-state index contributed by atoms with van der Waals surface area (Å²) in [6.07, 6.45) is -2.57. The fourth-order valence-electron chi connectivity index (χ4n) is 6.82. The highest BCUT2D eigenvalue weighted by Crippen LogP contribution is 2.41. The van der Waals surface area contributed by atoms with E-state index in [1.165, 1.54) is 55.5 Å². The number of ether oxygens (including phenoxy) is 6. The van der Waals surface area contributed by atoms with Crippen LogP contribution in [0, 0.1) is 0 Å². The van der Waals surface area contributed by atoms with Gasteiger partial charge in [0, 0.05) is 68.7 Å². The first-order valence-corrected chi connectivity index (χ1v) is 20.9. The molecule has 22 heteroatoms. The van der Waals surface area contributed by atoms with E-state index in [0.717, 1.165) is 12.2 Å². The summed E-state index contributed by atoms with van der Waals surface area (Å²) < 4.78 is 45.3. The van der Waals surface area contributed by atoms with Gasteiger partial charge in [0.15, 0.2) is 16.2 Å². The first-order valence-electron chi connectivity index (χ1n) is 20.1. The van der Waals surface area contributed by atoms with Crippen LogP contribution >= 0.6 is 23.2 Å². The summed E-state index contributed by atoms with van der Waals surface area (Å²) in [6, 6.07) is 22.0. The van der Waals surface area contributed by atoms with Crippen LogP contribution in [0.4, 0.5) is 37.4 Å². The number of anilines is 4. The molecule has 4 aromatic heterocycles. The number of likely N-dealkylation sites (N-methyl/N-ethyl adjacent to an activating group) is 1. The molecule has 1 aliphatic heterocycles. The summed E-state index contributed by atoms with van der Waals surface area (Å²) in [5.74, 6) is 0.194. The SMILES string of the molecule is COc1cc(OCCN(C)C)cc(N2CCN(C(=O)N(c3ccccc3OC(=O)N(C(=O)Oc3ccccc3)c3nc4cc(Cl)oc4nc3OC)c3nc4cc(Cl)oc4nc3OC)CC2)c1. The number of hydrogen-bond acceptors (Lipinski definition) is 17. The van der Waals surface area contributed by atoms with Gasteiger partial charge >= 0.3 is 18.2 Å². The Morgan fingerprint density at radius 1 is 0.667 bits per heavy atom. The third-order valence-corrected chi connectivity index (χ3v) is 10.4. The quantitative estimate of drug-likeness (QED) is 0.107. The van der Waals surface area contributed by atoms with Crippen molar-refractivity contribution in [3.63, 3.8) is 0 Å². The highest BCUT2D eigenvalue weighted by molar-refractivity contribution is 6.30. The molecule has 1 aliphatic rings. The molecule has 4 amide bonds. The highest BCUT2D eigenvalue weighted by Gasteiger charge is 2.37. The molecule has 66 heavy (non-hydrogen) atoms. The van der Waals surface area contributed by atoms with E-state index in [9.17, 15) is 9.59 Å². The molecule has 0 radical (unpaired) electrons. The van der Waals surface area contributed by atoms with Gasteiger partial charge in [-0.2, -0.15) is 14.9 Å². The average Bonchev–Trinajstić information content (AvgIpc) is 3.88. The fourth-order valence-corrected chi connectivity index (χ4v) is 7.18. The third kappa shape index (κ3) is 9.75. The summed E-state index contributed by atoms with van der Waals surface area (Å²) in [6.45, 7) is 2.49. The summed E-state index contributed by atoms with van der Waals surface area (Å²) in [4.78, 5) is 69.0. The lowest BCUT2D eigenvalue weighted by Crippen LogP contribution is -2.52. The van der Waals surface area contributed by atoms with Crippen molar-refractivity contribution >= 4 is 86.9 Å². The number of rotatable bonds is 13. The Bertz CT molecular complexity index is 2890. The van der Waals surface area contributed by atoms with Crippen LogP contribution in [0.5, 0.6) is 34.8 Å². The molecule has 0 aliphatic carbocycles. The number of hydrogen-bond donors (Lipinski definition) is 0. The van der Waals surface area contributed by atoms with Crippen molar-refractivity contribution in [2.45, 2.75) is 0 Å². The number of aromatic nitrogens is 4. The van der Waals surface area contributed by atoms with E-state index >= 15 is 4.79 Å². The molecule has 0 atom stereocenters. The molecule has 1 saturated heterocycles. The molecule has 3 aromatic carbocycles. The molecular weight excluding hydrogens is 901 g/mol. The third-order valence-electron chi connectivity index (χ3n) is 10.0. The van der Waals surface area contributed by atoms with Gasteiger partial charge in [0.1, 0.15) is 34.9 Å². The monoisotopic (exact) mass is 941 g/mol. The molecule has 1 fully saturated rings. The number of furan rings is 2. The summed E-state index contributed by atoms with van der Waals surface area (Å²) in [5.41, 5.74) is 1.14. The van der Waals surface area contributed by atoms with Crippen molar-refractivity contribution in [2.75, 3.05) is 89.5 Å². The van der Waals surface area contributed by atoms with Gasteiger partial charge in [0.25, 0.3) is 11.8 Å². The van der Waals surface area contributed by atoms with E-state index in [4.69, 9.17) is 65.4 Å². The van der Waals surface area contributed by atoms with Gasteiger partial charge in [0.05, 0.1) is 27.0 Å². The van der Waals surface area contributed by atoms with E-state index in [0.29, 0.717) is 36.1 Å². The fraction of sp³-hybridized carbons (Fsp3) is 0.250. The van der Waals surface area contributed by atoms with Crippen molar-refractivity contribution in [2.24, 2.45) is 0 Å². The number of fused-ring (bicyclic) bond motifs is 2. The molecular formula is C44H41Cl2N9O11. The topological polar surface area (TPSA) is 201 Å².